The second-order valence-electron chi connectivity index (χ2n) is 5.13. The molecule has 7 heteroatoms. The molecule has 0 saturated heterocycles. The minimum absolute atomic E-state index is 0.0763. The van der Waals surface area contributed by atoms with Crippen LogP contribution in [0.25, 0.3) is 0 Å². The number of carbonyl (C=O) groups is 2. The van der Waals surface area contributed by atoms with Crippen LogP contribution in [0.4, 0.5) is 8.78 Å². The molecule has 1 N–H and O–H groups in total. The zero-order chi connectivity index (χ0) is 17.9. The van der Waals surface area contributed by atoms with E-state index in [4.69, 9.17) is 4.74 Å². The molecule has 0 aliphatic heterocycles. The molecule has 0 amide bonds. The van der Waals surface area contributed by atoms with Gasteiger partial charge in [0.25, 0.3) is 0 Å². The topological polar surface area (TPSA) is 59.2 Å². The van der Waals surface area contributed by atoms with Crippen LogP contribution >= 0.6 is 11.8 Å². The number of thioether (sulfide) groups is 1. The maximum atomic E-state index is 13.6. The first kappa shape index (κ1) is 18.2. The molecule has 1 aromatic carbocycles. The van der Waals surface area contributed by atoms with Gasteiger partial charge < -0.3 is 9.72 Å². The summed E-state index contributed by atoms with van der Waals surface area (Å²) in [6.07, 6.45) is 0. The van der Waals surface area contributed by atoms with Crippen LogP contribution in [0.15, 0.2) is 23.1 Å². The van der Waals surface area contributed by atoms with E-state index in [9.17, 15) is 18.4 Å². The Bertz CT molecular complexity index is 786. The Balaban J connectivity index is 2.22. The molecule has 1 heterocycles. The molecule has 1 aromatic heterocycles. The fourth-order valence-corrected chi connectivity index (χ4v) is 3.19. The van der Waals surface area contributed by atoms with Crippen molar-refractivity contribution < 1.29 is 23.1 Å². The molecule has 0 aliphatic carbocycles. The number of rotatable bonds is 6. The molecule has 0 aliphatic rings. The number of aromatic amines is 1. The number of hydrogen-bond acceptors (Lipinski definition) is 4. The first-order valence-corrected chi connectivity index (χ1v) is 8.31. The van der Waals surface area contributed by atoms with Gasteiger partial charge in [0, 0.05) is 22.3 Å². The van der Waals surface area contributed by atoms with Gasteiger partial charge in [0.15, 0.2) is 5.78 Å². The van der Waals surface area contributed by atoms with Crippen molar-refractivity contribution in [2.24, 2.45) is 0 Å². The molecule has 0 unspecified atom stereocenters. The minimum atomic E-state index is -0.722. The number of ether oxygens (including phenoxy) is 1. The van der Waals surface area contributed by atoms with Gasteiger partial charge in [0.2, 0.25) is 0 Å². The van der Waals surface area contributed by atoms with Gasteiger partial charge in [-0.05, 0) is 32.9 Å². The largest absolute Gasteiger partial charge is 0.462 e. The van der Waals surface area contributed by atoms with E-state index < -0.39 is 17.6 Å². The molecule has 128 valence electrons. The smallest absolute Gasteiger partial charge is 0.340 e. The highest BCUT2D eigenvalue weighted by Crippen LogP contribution is 2.26. The molecule has 0 saturated carbocycles. The molecule has 0 bridgehead atoms. The SMILES string of the molecule is CCOC(=O)c1c(C)[nH]c(C)c1C(=O)CSc1ccc(F)cc1F. The van der Waals surface area contributed by atoms with Crippen LogP contribution in [0.1, 0.15) is 39.0 Å². The van der Waals surface area contributed by atoms with E-state index in [1.165, 1.54) is 6.07 Å². The lowest BCUT2D eigenvalue weighted by Crippen LogP contribution is -2.13. The predicted molar refractivity (Wildman–Crippen MR) is 87.6 cm³/mol. The number of H-pyrrole nitrogens is 1. The second kappa shape index (κ2) is 7.61. The average Bonchev–Trinajstić information content (AvgIpc) is 2.80. The summed E-state index contributed by atoms with van der Waals surface area (Å²) in [4.78, 5) is 27.7. The summed E-state index contributed by atoms with van der Waals surface area (Å²) in [6, 6.07) is 3.18. The van der Waals surface area contributed by atoms with E-state index in [0.717, 1.165) is 23.9 Å². The van der Waals surface area contributed by atoms with Gasteiger partial charge >= 0.3 is 5.97 Å². The van der Waals surface area contributed by atoms with Gasteiger partial charge in [-0.2, -0.15) is 0 Å². The van der Waals surface area contributed by atoms with E-state index >= 15 is 0 Å². The maximum Gasteiger partial charge on any atom is 0.340 e. The van der Waals surface area contributed by atoms with Crippen molar-refractivity contribution in [3.8, 4) is 0 Å². The minimum Gasteiger partial charge on any atom is -0.462 e. The number of aromatic nitrogens is 1. The van der Waals surface area contributed by atoms with E-state index in [1.807, 2.05) is 0 Å². The summed E-state index contributed by atoms with van der Waals surface area (Å²) in [5, 5.41) is 0. The Morgan fingerprint density at radius 2 is 1.83 bits per heavy atom. The molecule has 4 nitrogen and oxygen atoms in total. The summed E-state index contributed by atoms with van der Waals surface area (Å²) >= 11 is 0.953. The molecular weight excluding hydrogens is 336 g/mol. The molecule has 0 radical (unpaired) electrons. The number of carbonyl (C=O) groups excluding carboxylic acids is 2. The lowest BCUT2D eigenvalue weighted by atomic mass is 10.1. The van der Waals surface area contributed by atoms with Crippen molar-refractivity contribution in [1.29, 1.82) is 0 Å². The van der Waals surface area contributed by atoms with Crippen molar-refractivity contribution in [3.05, 3.63) is 52.3 Å². The second-order valence-corrected chi connectivity index (χ2v) is 6.15. The molecule has 0 spiro atoms. The normalized spacial score (nSPS) is 10.7. The summed E-state index contributed by atoms with van der Waals surface area (Å²) < 4.78 is 31.5. The highest BCUT2D eigenvalue weighted by molar-refractivity contribution is 8.00. The molecule has 0 fully saturated rings. The molecule has 2 aromatic rings. The van der Waals surface area contributed by atoms with Crippen LogP contribution in [-0.4, -0.2) is 29.1 Å². The number of hydrogen-bond donors (Lipinski definition) is 1. The quantitative estimate of drug-likeness (QED) is 0.483. The van der Waals surface area contributed by atoms with Crippen molar-refractivity contribution in [2.75, 3.05) is 12.4 Å². The van der Waals surface area contributed by atoms with E-state index in [1.54, 1.807) is 20.8 Å². The van der Waals surface area contributed by atoms with Crippen molar-refractivity contribution in [2.45, 2.75) is 25.7 Å². The van der Waals surface area contributed by atoms with Gasteiger partial charge in [0.05, 0.1) is 23.5 Å². The number of ketones is 1. The number of aryl methyl sites for hydroxylation is 2. The van der Waals surface area contributed by atoms with Gasteiger partial charge in [0.1, 0.15) is 11.6 Å². The fraction of sp³-hybridized carbons (Fsp3) is 0.294. The fourth-order valence-electron chi connectivity index (χ4n) is 2.40. The van der Waals surface area contributed by atoms with Gasteiger partial charge in [-0.3, -0.25) is 4.79 Å². The third-order valence-electron chi connectivity index (χ3n) is 3.39. The van der Waals surface area contributed by atoms with Crippen LogP contribution in [0.3, 0.4) is 0 Å². The standard InChI is InChI=1S/C17H17F2NO3S/c1-4-23-17(22)16-10(3)20-9(2)15(16)13(21)8-24-14-6-5-11(18)7-12(14)19/h5-7,20H,4,8H2,1-3H3. The van der Waals surface area contributed by atoms with Crippen LogP contribution < -0.4 is 0 Å². The third kappa shape index (κ3) is 3.84. The van der Waals surface area contributed by atoms with Crippen LogP contribution in [-0.2, 0) is 4.74 Å². The van der Waals surface area contributed by atoms with Gasteiger partial charge in [-0.15, -0.1) is 11.8 Å². The van der Waals surface area contributed by atoms with Crippen molar-refractivity contribution in [1.82, 2.24) is 4.98 Å². The average molecular weight is 353 g/mol. The highest BCUT2D eigenvalue weighted by Gasteiger charge is 2.25. The number of halogens is 2. The summed E-state index contributed by atoms with van der Waals surface area (Å²) in [5.41, 5.74) is 1.56. The number of esters is 1. The molecule has 24 heavy (non-hydrogen) atoms. The zero-order valence-corrected chi connectivity index (χ0v) is 14.4. The summed E-state index contributed by atoms with van der Waals surface area (Å²) in [5.74, 6) is -2.37. The zero-order valence-electron chi connectivity index (χ0n) is 13.5. The Kier molecular flexibility index (Phi) is 5.77. The number of benzene rings is 1. The first-order valence-electron chi connectivity index (χ1n) is 7.32. The lowest BCUT2D eigenvalue weighted by Gasteiger charge is -2.06. The lowest BCUT2D eigenvalue weighted by molar-refractivity contribution is 0.0522. The number of nitrogens with one attached hydrogen (secondary N) is 1. The Labute approximate surface area is 142 Å². The third-order valence-corrected chi connectivity index (χ3v) is 4.43. The summed E-state index contributed by atoms with van der Waals surface area (Å²) in [6.45, 7) is 5.25. The molecule has 0 atom stereocenters. The van der Waals surface area contributed by atoms with Crippen molar-refractivity contribution >= 4 is 23.5 Å². The monoisotopic (exact) mass is 353 g/mol. The van der Waals surface area contributed by atoms with Crippen molar-refractivity contribution in [3.63, 3.8) is 0 Å². The molecular formula is C17H17F2NO3S. The van der Waals surface area contributed by atoms with E-state index in [0.29, 0.717) is 11.4 Å². The van der Waals surface area contributed by atoms with Crippen LogP contribution in [0.5, 0.6) is 0 Å². The highest BCUT2D eigenvalue weighted by atomic mass is 32.2. The van der Waals surface area contributed by atoms with Gasteiger partial charge in [-0.1, -0.05) is 0 Å². The Morgan fingerprint density at radius 1 is 1.17 bits per heavy atom. The van der Waals surface area contributed by atoms with Crippen LogP contribution in [0.2, 0.25) is 0 Å². The predicted octanol–water partition coefficient (Wildman–Crippen LogP) is 4.06. The first-order chi connectivity index (χ1) is 11.3. The number of Topliss-reactive ketones (excluding diaryl/α,β-unsaturated/α-hetero) is 1. The molecule has 2 rings (SSSR count). The van der Waals surface area contributed by atoms with Gasteiger partial charge in [-0.25, -0.2) is 13.6 Å². The van der Waals surface area contributed by atoms with Crippen LogP contribution in [0, 0.1) is 25.5 Å². The summed E-state index contributed by atoms with van der Waals surface area (Å²) in [7, 11) is 0. The Hall–Kier alpha value is -2.15. The van der Waals surface area contributed by atoms with E-state index in [2.05, 4.69) is 4.98 Å². The maximum absolute atomic E-state index is 13.6. The van der Waals surface area contributed by atoms with E-state index in [-0.39, 0.29) is 34.2 Å². The Morgan fingerprint density at radius 3 is 2.46 bits per heavy atom.